The standard InChI is InChI=1S/C15H16FN/c1-10-4-3-5-14(11(10)2)12-6-7-15(16)13(8-12)9-17/h3-8H,9,17H2,1-2H3. The number of halogens is 1. The Hall–Kier alpha value is -1.67. The van der Waals surface area contributed by atoms with E-state index in [1.807, 2.05) is 12.1 Å². The van der Waals surface area contributed by atoms with Gasteiger partial charge in [-0.05, 0) is 48.2 Å². The molecule has 2 rings (SSSR count). The minimum Gasteiger partial charge on any atom is -0.326 e. The molecule has 2 N–H and O–H groups in total. The predicted molar refractivity (Wildman–Crippen MR) is 69.2 cm³/mol. The van der Waals surface area contributed by atoms with Crippen LogP contribution in [0, 0.1) is 19.7 Å². The molecule has 0 aliphatic carbocycles. The first kappa shape index (κ1) is 11.8. The van der Waals surface area contributed by atoms with Gasteiger partial charge in [0.1, 0.15) is 5.82 Å². The highest BCUT2D eigenvalue weighted by Crippen LogP contribution is 2.26. The first-order valence-corrected chi connectivity index (χ1v) is 5.68. The highest BCUT2D eigenvalue weighted by atomic mass is 19.1. The number of hydrogen-bond acceptors (Lipinski definition) is 1. The van der Waals surface area contributed by atoms with E-state index in [4.69, 9.17) is 5.73 Å². The van der Waals surface area contributed by atoms with E-state index in [1.165, 1.54) is 17.2 Å². The summed E-state index contributed by atoms with van der Waals surface area (Å²) in [6.07, 6.45) is 0. The van der Waals surface area contributed by atoms with Crippen LogP contribution < -0.4 is 5.73 Å². The normalized spacial score (nSPS) is 10.6. The van der Waals surface area contributed by atoms with E-state index in [1.54, 1.807) is 6.07 Å². The van der Waals surface area contributed by atoms with E-state index in [0.717, 1.165) is 11.1 Å². The third-order valence-corrected chi connectivity index (χ3v) is 3.18. The molecule has 0 saturated carbocycles. The second-order valence-corrected chi connectivity index (χ2v) is 4.26. The van der Waals surface area contributed by atoms with Crippen LogP contribution in [-0.4, -0.2) is 0 Å². The molecule has 0 amide bonds. The molecule has 2 aromatic rings. The highest BCUT2D eigenvalue weighted by Gasteiger charge is 2.06. The summed E-state index contributed by atoms with van der Waals surface area (Å²) in [7, 11) is 0. The molecule has 17 heavy (non-hydrogen) atoms. The fourth-order valence-corrected chi connectivity index (χ4v) is 1.96. The van der Waals surface area contributed by atoms with Crippen molar-refractivity contribution in [2.24, 2.45) is 5.73 Å². The number of rotatable bonds is 2. The van der Waals surface area contributed by atoms with E-state index in [2.05, 4.69) is 26.0 Å². The lowest BCUT2D eigenvalue weighted by molar-refractivity contribution is 0.611. The van der Waals surface area contributed by atoms with E-state index < -0.39 is 0 Å². The van der Waals surface area contributed by atoms with Crippen molar-refractivity contribution < 1.29 is 4.39 Å². The summed E-state index contributed by atoms with van der Waals surface area (Å²) in [5.41, 5.74) is 10.7. The Kier molecular flexibility index (Phi) is 3.25. The van der Waals surface area contributed by atoms with Gasteiger partial charge in [0.2, 0.25) is 0 Å². The predicted octanol–water partition coefficient (Wildman–Crippen LogP) is 3.57. The van der Waals surface area contributed by atoms with Gasteiger partial charge >= 0.3 is 0 Å². The first-order valence-electron chi connectivity index (χ1n) is 5.68. The summed E-state index contributed by atoms with van der Waals surface area (Å²) >= 11 is 0. The van der Waals surface area contributed by atoms with Gasteiger partial charge in [0, 0.05) is 12.1 Å². The summed E-state index contributed by atoms with van der Waals surface area (Å²) in [4.78, 5) is 0. The fraction of sp³-hybridized carbons (Fsp3) is 0.200. The zero-order valence-corrected chi connectivity index (χ0v) is 10.1. The molecule has 0 saturated heterocycles. The molecule has 0 aliphatic rings. The molecule has 0 bridgehead atoms. The van der Waals surface area contributed by atoms with Crippen molar-refractivity contribution in [1.82, 2.24) is 0 Å². The molecule has 0 unspecified atom stereocenters. The van der Waals surface area contributed by atoms with Gasteiger partial charge in [-0.25, -0.2) is 4.39 Å². The van der Waals surface area contributed by atoms with Crippen molar-refractivity contribution in [2.45, 2.75) is 20.4 Å². The van der Waals surface area contributed by atoms with Crippen molar-refractivity contribution >= 4 is 0 Å². The van der Waals surface area contributed by atoms with Crippen LogP contribution in [0.25, 0.3) is 11.1 Å². The smallest absolute Gasteiger partial charge is 0.127 e. The minimum atomic E-state index is -0.235. The summed E-state index contributed by atoms with van der Waals surface area (Å²) in [5, 5.41) is 0. The molecule has 0 atom stereocenters. The first-order chi connectivity index (χ1) is 8.13. The van der Waals surface area contributed by atoms with Crippen molar-refractivity contribution in [3.05, 3.63) is 58.9 Å². The van der Waals surface area contributed by atoms with Gasteiger partial charge in [-0.15, -0.1) is 0 Å². The van der Waals surface area contributed by atoms with Crippen LogP contribution in [-0.2, 0) is 6.54 Å². The molecule has 2 heteroatoms. The van der Waals surface area contributed by atoms with Gasteiger partial charge in [-0.3, -0.25) is 0 Å². The van der Waals surface area contributed by atoms with Crippen molar-refractivity contribution in [3.63, 3.8) is 0 Å². The Morgan fingerprint density at radius 1 is 1.12 bits per heavy atom. The lowest BCUT2D eigenvalue weighted by atomic mass is 9.96. The van der Waals surface area contributed by atoms with Crippen LogP contribution in [0.3, 0.4) is 0 Å². The summed E-state index contributed by atoms with van der Waals surface area (Å²) in [6, 6.07) is 11.3. The number of hydrogen-bond donors (Lipinski definition) is 1. The quantitative estimate of drug-likeness (QED) is 0.837. The molecule has 0 radical (unpaired) electrons. The van der Waals surface area contributed by atoms with E-state index in [9.17, 15) is 4.39 Å². The topological polar surface area (TPSA) is 26.0 Å². The third-order valence-electron chi connectivity index (χ3n) is 3.18. The van der Waals surface area contributed by atoms with Crippen molar-refractivity contribution in [3.8, 4) is 11.1 Å². The van der Waals surface area contributed by atoms with Gasteiger partial charge in [-0.2, -0.15) is 0 Å². The van der Waals surface area contributed by atoms with Crippen molar-refractivity contribution in [1.29, 1.82) is 0 Å². The molecule has 0 aromatic heterocycles. The number of nitrogens with two attached hydrogens (primary N) is 1. The van der Waals surface area contributed by atoms with Gasteiger partial charge in [0.15, 0.2) is 0 Å². The minimum absolute atomic E-state index is 0.227. The molecule has 1 nitrogen and oxygen atoms in total. The SMILES string of the molecule is Cc1cccc(-c2ccc(F)c(CN)c2)c1C. The summed E-state index contributed by atoms with van der Waals surface area (Å²) in [6.45, 7) is 4.38. The second-order valence-electron chi connectivity index (χ2n) is 4.26. The molecular formula is C15H16FN. The van der Waals surface area contributed by atoms with Crippen LogP contribution >= 0.6 is 0 Å². The molecule has 0 aliphatic heterocycles. The average molecular weight is 229 g/mol. The molecule has 2 aromatic carbocycles. The van der Waals surface area contributed by atoms with Crippen LogP contribution in [0.4, 0.5) is 4.39 Å². The Morgan fingerprint density at radius 2 is 1.88 bits per heavy atom. The number of aryl methyl sites for hydroxylation is 1. The van der Waals surface area contributed by atoms with E-state index in [0.29, 0.717) is 5.56 Å². The zero-order valence-electron chi connectivity index (χ0n) is 10.1. The highest BCUT2D eigenvalue weighted by molar-refractivity contribution is 5.69. The summed E-state index contributed by atoms with van der Waals surface area (Å²) < 4.78 is 13.4. The molecule has 88 valence electrons. The van der Waals surface area contributed by atoms with Gasteiger partial charge in [0.25, 0.3) is 0 Å². The van der Waals surface area contributed by atoms with E-state index >= 15 is 0 Å². The fourth-order valence-electron chi connectivity index (χ4n) is 1.96. The van der Waals surface area contributed by atoms with Gasteiger partial charge < -0.3 is 5.73 Å². The lowest BCUT2D eigenvalue weighted by Crippen LogP contribution is -2.00. The largest absolute Gasteiger partial charge is 0.326 e. The van der Waals surface area contributed by atoms with Crippen LogP contribution in [0.5, 0.6) is 0 Å². The van der Waals surface area contributed by atoms with Crippen LogP contribution in [0.1, 0.15) is 16.7 Å². The molecular weight excluding hydrogens is 213 g/mol. The summed E-state index contributed by atoms with van der Waals surface area (Å²) in [5.74, 6) is -0.235. The Balaban J connectivity index is 2.57. The Bertz CT molecular complexity index is 547. The average Bonchev–Trinajstić information content (AvgIpc) is 2.34. The van der Waals surface area contributed by atoms with E-state index in [-0.39, 0.29) is 12.4 Å². The maximum atomic E-state index is 13.4. The zero-order chi connectivity index (χ0) is 12.4. The van der Waals surface area contributed by atoms with Crippen molar-refractivity contribution in [2.75, 3.05) is 0 Å². The van der Waals surface area contributed by atoms with Crippen LogP contribution in [0.2, 0.25) is 0 Å². The lowest BCUT2D eigenvalue weighted by Gasteiger charge is -2.10. The maximum absolute atomic E-state index is 13.4. The molecule has 0 heterocycles. The molecule has 0 spiro atoms. The Morgan fingerprint density at radius 3 is 2.59 bits per heavy atom. The molecule has 0 fully saturated rings. The monoisotopic (exact) mass is 229 g/mol. The number of benzene rings is 2. The van der Waals surface area contributed by atoms with Gasteiger partial charge in [0.05, 0.1) is 0 Å². The van der Waals surface area contributed by atoms with Crippen LogP contribution in [0.15, 0.2) is 36.4 Å². The Labute approximate surface area is 101 Å². The van der Waals surface area contributed by atoms with Gasteiger partial charge in [-0.1, -0.05) is 24.3 Å². The third kappa shape index (κ3) is 2.22. The second kappa shape index (κ2) is 4.68. The maximum Gasteiger partial charge on any atom is 0.127 e.